The molecule has 1 aromatic carbocycles. The summed E-state index contributed by atoms with van der Waals surface area (Å²) in [6.45, 7) is 5.47. The van der Waals surface area contributed by atoms with Crippen molar-refractivity contribution in [3.05, 3.63) is 34.9 Å². The summed E-state index contributed by atoms with van der Waals surface area (Å²) in [6, 6.07) is 8.44. The van der Waals surface area contributed by atoms with Crippen LogP contribution in [0.3, 0.4) is 0 Å². The van der Waals surface area contributed by atoms with Gasteiger partial charge in [0.2, 0.25) is 10.0 Å². The van der Waals surface area contributed by atoms with E-state index in [-0.39, 0.29) is 6.04 Å². The molecular weight excluding hydrogens is 320 g/mol. The molecule has 0 amide bonds. The average Bonchev–Trinajstić information content (AvgIpc) is 2.47. The fourth-order valence-electron chi connectivity index (χ4n) is 3.10. The van der Waals surface area contributed by atoms with Crippen LogP contribution in [0.25, 0.3) is 0 Å². The van der Waals surface area contributed by atoms with Gasteiger partial charge in [-0.15, -0.1) is 0 Å². The van der Waals surface area contributed by atoms with Crippen molar-refractivity contribution in [2.45, 2.75) is 38.8 Å². The molecule has 1 aromatic rings. The Hall–Kier alpha value is -0.620. The molecule has 1 fully saturated rings. The first kappa shape index (κ1) is 17.7. The van der Waals surface area contributed by atoms with E-state index in [0.717, 1.165) is 17.9 Å². The number of nitrogens with zero attached hydrogens (tertiary/aromatic N) is 1. The van der Waals surface area contributed by atoms with Crippen LogP contribution in [0.2, 0.25) is 5.02 Å². The molecule has 0 radical (unpaired) electrons. The second-order valence-electron chi connectivity index (χ2n) is 6.12. The lowest BCUT2D eigenvalue weighted by Gasteiger charge is -2.38. The van der Waals surface area contributed by atoms with Gasteiger partial charge >= 0.3 is 0 Å². The van der Waals surface area contributed by atoms with Crippen LogP contribution in [-0.2, 0) is 10.0 Å². The van der Waals surface area contributed by atoms with Gasteiger partial charge in [-0.25, -0.2) is 12.7 Å². The second-order valence-corrected chi connectivity index (χ2v) is 8.54. The number of hydrogen-bond acceptors (Lipinski definition) is 3. The highest BCUT2D eigenvalue weighted by molar-refractivity contribution is 7.88. The molecule has 1 aliphatic rings. The molecule has 22 heavy (non-hydrogen) atoms. The van der Waals surface area contributed by atoms with Crippen molar-refractivity contribution in [2.24, 2.45) is 5.92 Å². The summed E-state index contributed by atoms with van der Waals surface area (Å²) >= 11 is 5.93. The Morgan fingerprint density at radius 3 is 2.55 bits per heavy atom. The zero-order valence-corrected chi connectivity index (χ0v) is 15.0. The number of nitrogens with one attached hydrogen (secondary N) is 1. The first-order chi connectivity index (χ1) is 10.3. The van der Waals surface area contributed by atoms with E-state index in [0.29, 0.717) is 25.0 Å². The summed E-state index contributed by atoms with van der Waals surface area (Å²) in [7, 11) is -3.09. The summed E-state index contributed by atoms with van der Waals surface area (Å²) in [4.78, 5) is 0. The molecule has 0 bridgehead atoms. The van der Waals surface area contributed by atoms with Gasteiger partial charge in [0.15, 0.2) is 0 Å². The van der Waals surface area contributed by atoms with Crippen LogP contribution in [0.1, 0.15) is 38.3 Å². The molecule has 0 spiro atoms. The van der Waals surface area contributed by atoms with E-state index in [1.165, 1.54) is 11.8 Å². The van der Waals surface area contributed by atoms with Gasteiger partial charge in [0, 0.05) is 30.2 Å². The second kappa shape index (κ2) is 7.30. The summed E-state index contributed by atoms with van der Waals surface area (Å²) < 4.78 is 25.0. The van der Waals surface area contributed by atoms with Crippen molar-refractivity contribution in [2.75, 3.05) is 19.3 Å². The molecule has 0 unspecified atom stereocenters. The minimum absolute atomic E-state index is 0.223. The molecule has 1 saturated heterocycles. The van der Waals surface area contributed by atoms with Crippen LogP contribution in [0.15, 0.2) is 24.3 Å². The Morgan fingerprint density at radius 1 is 1.36 bits per heavy atom. The number of piperidine rings is 1. The Balaban J connectivity index is 2.01. The van der Waals surface area contributed by atoms with Gasteiger partial charge < -0.3 is 5.32 Å². The van der Waals surface area contributed by atoms with E-state index in [4.69, 9.17) is 11.6 Å². The van der Waals surface area contributed by atoms with Crippen LogP contribution in [0.5, 0.6) is 0 Å². The summed E-state index contributed by atoms with van der Waals surface area (Å²) in [6.07, 6.45) is 3.12. The molecule has 0 aliphatic carbocycles. The smallest absolute Gasteiger partial charge is 0.211 e. The van der Waals surface area contributed by atoms with Gasteiger partial charge in [0.25, 0.3) is 0 Å². The highest BCUT2D eigenvalue weighted by atomic mass is 35.5. The first-order valence-corrected chi connectivity index (χ1v) is 10.0. The SMILES string of the molecule is CC[C@@H]1CN(S(C)(=O)=O)CC[C@@H]1N[C@@H](C)c1ccc(Cl)cc1. The molecule has 2 rings (SSSR count). The van der Waals surface area contributed by atoms with Crippen molar-refractivity contribution in [3.8, 4) is 0 Å². The van der Waals surface area contributed by atoms with Crippen molar-refractivity contribution in [1.29, 1.82) is 0 Å². The van der Waals surface area contributed by atoms with Crippen molar-refractivity contribution in [3.63, 3.8) is 0 Å². The molecule has 1 heterocycles. The molecule has 124 valence electrons. The van der Waals surface area contributed by atoms with Gasteiger partial charge in [-0.2, -0.15) is 0 Å². The Labute approximate surface area is 138 Å². The summed E-state index contributed by atoms with van der Waals surface area (Å²) in [5.74, 6) is 0.346. The number of benzene rings is 1. The molecule has 6 heteroatoms. The Bertz CT molecular complexity index is 589. The number of hydrogen-bond donors (Lipinski definition) is 1. The van der Waals surface area contributed by atoms with Gasteiger partial charge in [-0.3, -0.25) is 0 Å². The molecular formula is C16H25ClN2O2S. The van der Waals surface area contributed by atoms with Crippen LogP contribution in [0.4, 0.5) is 0 Å². The maximum Gasteiger partial charge on any atom is 0.211 e. The molecule has 0 saturated carbocycles. The van der Waals surface area contributed by atoms with E-state index in [1.807, 2.05) is 24.3 Å². The zero-order valence-electron chi connectivity index (χ0n) is 13.4. The maximum absolute atomic E-state index is 11.7. The third-order valence-corrected chi connectivity index (χ3v) is 6.05. The predicted octanol–water partition coefficient (Wildman–Crippen LogP) is 3.05. The zero-order chi connectivity index (χ0) is 16.3. The van der Waals surface area contributed by atoms with Crippen molar-refractivity contribution < 1.29 is 8.42 Å². The van der Waals surface area contributed by atoms with E-state index in [2.05, 4.69) is 19.2 Å². The lowest BCUT2D eigenvalue weighted by atomic mass is 9.90. The van der Waals surface area contributed by atoms with Gasteiger partial charge in [0.05, 0.1) is 6.26 Å². The Kier molecular flexibility index (Phi) is 5.88. The van der Waals surface area contributed by atoms with Gasteiger partial charge in [0.1, 0.15) is 0 Å². The maximum atomic E-state index is 11.7. The van der Waals surface area contributed by atoms with E-state index >= 15 is 0 Å². The minimum Gasteiger partial charge on any atom is -0.307 e. The normalized spacial score (nSPS) is 25.1. The average molecular weight is 345 g/mol. The summed E-state index contributed by atoms with van der Waals surface area (Å²) in [5, 5.41) is 4.40. The topological polar surface area (TPSA) is 49.4 Å². The van der Waals surface area contributed by atoms with Gasteiger partial charge in [-0.05, 0) is 37.0 Å². The van der Waals surface area contributed by atoms with E-state index in [9.17, 15) is 8.42 Å². The first-order valence-electron chi connectivity index (χ1n) is 7.78. The molecule has 1 N–H and O–H groups in total. The summed E-state index contributed by atoms with van der Waals surface area (Å²) in [5.41, 5.74) is 1.20. The fourth-order valence-corrected chi connectivity index (χ4v) is 4.13. The number of halogens is 1. The van der Waals surface area contributed by atoms with Crippen LogP contribution in [0, 0.1) is 5.92 Å². The number of sulfonamides is 1. The van der Waals surface area contributed by atoms with E-state index in [1.54, 1.807) is 4.31 Å². The molecule has 0 aromatic heterocycles. The lowest BCUT2D eigenvalue weighted by Crippen LogP contribution is -2.51. The van der Waals surface area contributed by atoms with Crippen LogP contribution in [-0.4, -0.2) is 38.1 Å². The Morgan fingerprint density at radius 2 is 2.00 bits per heavy atom. The van der Waals surface area contributed by atoms with E-state index < -0.39 is 10.0 Å². The minimum atomic E-state index is -3.09. The third-order valence-electron chi connectivity index (χ3n) is 4.52. The monoisotopic (exact) mass is 344 g/mol. The molecule has 3 atom stereocenters. The standard InChI is InChI=1S/C16H25ClN2O2S/c1-4-13-11-19(22(3,20)21)10-9-16(13)18-12(2)14-5-7-15(17)8-6-14/h5-8,12-13,16,18H,4,9-11H2,1-3H3/t12-,13+,16-/m0/s1. The highest BCUT2D eigenvalue weighted by Crippen LogP contribution is 2.25. The molecule has 4 nitrogen and oxygen atoms in total. The van der Waals surface area contributed by atoms with Crippen molar-refractivity contribution in [1.82, 2.24) is 9.62 Å². The van der Waals surface area contributed by atoms with Crippen molar-refractivity contribution >= 4 is 21.6 Å². The fraction of sp³-hybridized carbons (Fsp3) is 0.625. The number of rotatable bonds is 5. The largest absolute Gasteiger partial charge is 0.307 e. The predicted molar refractivity (Wildman–Crippen MR) is 91.6 cm³/mol. The lowest BCUT2D eigenvalue weighted by molar-refractivity contribution is 0.193. The van der Waals surface area contributed by atoms with Crippen LogP contribution >= 0.6 is 11.6 Å². The third kappa shape index (κ3) is 4.44. The van der Waals surface area contributed by atoms with Crippen LogP contribution < -0.4 is 5.32 Å². The quantitative estimate of drug-likeness (QED) is 0.893. The van der Waals surface area contributed by atoms with Gasteiger partial charge in [-0.1, -0.05) is 37.1 Å². The highest BCUT2D eigenvalue weighted by Gasteiger charge is 2.32. The molecule has 1 aliphatic heterocycles.